The fourth-order valence-electron chi connectivity index (χ4n) is 13.0. The largest absolute Gasteiger partial charge is 0.459 e. The second-order valence-electron chi connectivity index (χ2n) is 27.4. The molecule has 4 aliphatic heterocycles. The monoisotopic (exact) mass is 1040 g/mol. The lowest BCUT2D eigenvalue weighted by Gasteiger charge is -2.54. The van der Waals surface area contributed by atoms with E-state index in [-0.39, 0.29) is 69.5 Å². The number of hydroxylamine groups is 8. The van der Waals surface area contributed by atoms with E-state index in [1.54, 1.807) is 0 Å². The highest BCUT2D eigenvalue weighted by Gasteiger charge is 2.54. The van der Waals surface area contributed by atoms with Crippen LogP contribution in [0.1, 0.15) is 231 Å². The second-order valence-corrected chi connectivity index (χ2v) is 27.4. The Morgan fingerprint density at radius 3 is 0.932 bits per heavy atom. The number of hydrogen-bond donors (Lipinski definition) is 4. The van der Waals surface area contributed by atoms with E-state index >= 15 is 9.59 Å². The molecule has 4 saturated heterocycles. The SMILES string of the molecule is CC(C)C1(C)CC(OC(=O)c2cc(C(=O)OC3CC(C)(C)N(O)C(C)(C(C)C)C3)c3cc(C(=O)OC4CC(C)(C)N(O)C(C)(C(C)C)C4)c(C(=O)OC4CC(C)(C)N(O)C(C)(C(C)C)C4)cc3c2)CC(C)(C)N1O. The third-order valence-electron chi connectivity index (χ3n) is 18.8. The van der Waals surface area contributed by atoms with Crippen LogP contribution in [0.3, 0.4) is 0 Å². The zero-order valence-electron chi connectivity index (χ0n) is 48.4. The number of piperidine rings is 4. The van der Waals surface area contributed by atoms with Crippen LogP contribution in [-0.2, 0) is 18.9 Å². The smallest absolute Gasteiger partial charge is 0.339 e. The molecule has 2 aromatic rings. The highest BCUT2D eigenvalue weighted by molar-refractivity contribution is 6.13. The summed E-state index contributed by atoms with van der Waals surface area (Å²) in [6.45, 7) is 38.8. The lowest BCUT2D eigenvalue weighted by atomic mass is 9.73. The van der Waals surface area contributed by atoms with E-state index in [0.717, 1.165) is 0 Å². The van der Waals surface area contributed by atoms with Gasteiger partial charge in [-0.15, -0.1) is 0 Å². The number of carbonyl (C=O) groups is 4. The average molecular weight is 1040 g/mol. The van der Waals surface area contributed by atoms with Gasteiger partial charge in [0.1, 0.15) is 24.4 Å². The van der Waals surface area contributed by atoms with Crippen LogP contribution in [0.2, 0.25) is 0 Å². The molecule has 4 fully saturated rings. The van der Waals surface area contributed by atoms with Crippen LogP contribution in [-0.4, -0.2) is 134 Å². The van der Waals surface area contributed by atoms with Gasteiger partial charge in [0.2, 0.25) is 0 Å². The highest BCUT2D eigenvalue weighted by atomic mass is 16.6. The second kappa shape index (κ2) is 20.2. The number of benzene rings is 2. The molecule has 0 aliphatic carbocycles. The van der Waals surface area contributed by atoms with Gasteiger partial charge in [0.25, 0.3) is 0 Å². The van der Waals surface area contributed by atoms with E-state index in [2.05, 4.69) is 0 Å². The van der Waals surface area contributed by atoms with Gasteiger partial charge in [0, 0.05) is 95.7 Å². The van der Waals surface area contributed by atoms with Gasteiger partial charge in [0.15, 0.2) is 0 Å². The van der Waals surface area contributed by atoms with Crippen LogP contribution < -0.4 is 0 Å². The summed E-state index contributed by atoms with van der Waals surface area (Å²) < 4.78 is 25.5. The van der Waals surface area contributed by atoms with Crippen molar-refractivity contribution < 1.29 is 59.0 Å². The van der Waals surface area contributed by atoms with Crippen molar-refractivity contribution in [2.75, 3.05) is 0 Å². The molecular weight excluding hydrogens is 945 g/mol. The van der Waals surface area contributed by atoms with Crippen molar-refractivity contribution in [3.63, 3.8) is 0 Å². The van der Waals surface area contributed by atoms with Crippen LogP contribution >= 0.6 is 0 Å². The molecule has 0 aromatic heterocycles. The van der Waals surface area contributed by atoms with Gasteiger partial charge in [-0.3, -0.25) is 0 Å². The molecule has 4 N–H and O–H groups in total. The molecule has 0 amide bonds. The maximum Gasteiger partial charge on any atom is 0.339 e. The molecule has 2 aromatic carbocycles. The minimum Gasteiger partial charge on any atom is -0.459 e. The van der Waals surface area contributed by atoms with Crippen molar-refractivity contribution in [2.24, 2.45) is 23.7 Å². The lowest BCUT2D eigenvalue weighted by molar-refractivity contribution is -0.273. The van der Waals surface area contributed by atoms with Crippen LogP contribution in [0.4, 0.5) is 0 Å². The summed E-state index contributed by atoms with van der Waals surface area (Å²) in [7, 11) is 0. The van der Waals surface area contributed by atoms with Crippen molar-refractivity contribution in [2.45, 2.75) is 259 Å². The number of fused-ring (bicyclic) bond motifs is 1. The predicted molar refractivity (Wildman–Crippen MR) is 281 cm³/mol. The molecule has 0 bridgehead atoms. The topological polar surface area (TPSA) is 199 Å². The third kappa shape index (κ3) is 10.9. The summed E-state index contributed by atoms with van der Waals surface area (Å²) in [4.78, 5) is 59.6. The molecule has 16 nitrogen and oxygen atoms in total. The zero-order chi connectivity index (χ0) is 56.0. The third-order valence-corrected chi connectivity index (χ3v) is 18.8. The van der Waals surface area contributed by atoms with Crippen molar-refractivity contribution in [3.05, 3.63) is 46.5 Å². The molecule has 8 atom stereocenters. The quantitative estimate of drug-likeness (QED) is 0.115. The van der Waals surface area contributed by atoms with Gasteiger partial charge >= 0.3 is 23.9 Å². The first kappa shape index (κ1) is 59.5. The number of nitrogens with zero attached hydrogens (tertiary/aromatic N) is 4. The Balaban J connectivity index is 1.52. The van der Waals surface area contributed by atoms with Crippen LogP contribution in [0, 0.1) is 23.7 Å². The number of carbonyl (C=O) groups excluding carboxylic acids is 4. The molecule has 6 rings (SSSR count). The normalized spacial score (nSPS) is 32.8. The molecule has 416 valence electrons. The molecule has 4 aliphatic rings. The molecule has 0 saturated carbocycles. The Morgan fingerprint density at radius 2 is 0.649 bits per heavy atom. The molecule has 0 radical (unpaired) electrons. The number of esters is 4. The summed E-state index contributed by atoms with van der Waals surface area (Å²) in [5, 5.41) is 51.6. The van der Waals surface area contributed by atoms with E-state index in [1.807, 2.05) is 138 Å². The minimum atomic E-state index is -0.840. The van der Waals surface area contributed by atoms with Crippen LogP contribution in [0.5, 0.6) is 0 Å². The summed E-state index contributed by atoms with van der Waals surface area (Å²) in [6.07, 6.45) is -0.263. The van der Waals surface area contributed by atoms with Crippen molar-refractivity contribution in [1.82, 2.24) is 20.3 Å². The fraction of sp³-hybridized carbons (Fsp3) is 0.759. The molecular formula is C58H92N4O12. The van der Waals surface area contributed by atoms with E-state index in [1.165, 1.54) is 44.5 Å². The Kier molecular flexibility index (Phi) is 16.3. The summed E-state index contributed by atoms with van der Waals surface area (Å²) >= 11 is 0. The number of ether oxygens (including phenoxy) is 4. The standard InChI is InChI=1S/C58H92N4O12/c1-33(2)55(17)29-39(25-51(9,10)59(55)67)71-47(63)38-21-37-22-45(49(65)73-41-27-53(13,14)61(69)57(19,31-41)35(5)6)46(50(66)74-42-28-54(15,16)62(70)58(20,32-42)36(7)8)24-43(37)44(23-38)48(64)72-40-26-52(11,12)60(68)56(18,30-40)34(3)4/h21-24,33-36,39-42,67-70H,25-32H2,1-20H3. The number of hydrogen-bond acceptors (Lipinski definition) is 16. The van der Waals surface area contributed by atoms with Crippen LogP contribution in [0.15, 0.2) is 24.3 Å². The van der Waals surface area contributed by atoms with Gasteiger partial charge in [0.05, 0.1) is 22.3 Å². The Morgan fingerprint density at radius 1 is 0.392 bits per heavy atom. The van der Waals surface area contributed by atoms with Gasteiger partial charge in [-0.2, -0.15) is 20.3 Å². The molecule has 0 spiro atoms. The van der Waals surface area contributed by atoms with Gasteiger partial charge in [-0.25, -0.2) is 19.2 Å². The lowest BCUT2D eigenvalue weighted by Crippen LogP contribution is -2.64. The summed E-state index contributed by atoms with van der Waals surface area (Å²) in [6, 6.07) is 5.85. The average Bonchev–Trinajstić information content (AvgIpc) is 3.26. The molecule has 4 heterocycles. The van der Waals surface area contributed by atoms with E-state index in [9.17, 15) is 30.4 Å². The van der Waals surface area contributed by atoms with E-state index < -0.39 is 92.6 Å². The fourth-order valence-corrected chi connectivity index (χ4v) is 13.0. The van der Waals surface area contributed by atoms with Gasteiger partial charge in [-0.1, -0.05) is 55.4 Å². The first-order valence-electron chi connectivity index (χ1n) is 27.1. The maximum atomic E-state index is 15.0. The highest BCUT2D eigenvalue weighted by Crippen LogP contribution is 2.47. The van der Waals surface area contributed by atoms with E-state index in [0.29, 0.717) is 38.5 Å². The molecule has 8 unspecified atom stereocenters. The van der Waals surface area contributed by atoms with Crippen molar-refractivity contribution in [3.8, 4) is 0 Å². The maximum absolute atomic E-state index is 15.0. The summed E-state index contributed by atoms with van der Waals surface area (Å²) in [5.41, 5.74) is -6.54. The number of rotatable bonds is 12. The van der Waals surface area contributed by atoms with Crippen LogP contribution in [0.25, 0.3) is 10.8 Å². The van der Waals surface area contributed by atoms with Gasteiger partial charge in [-0.05, 0) is 142 Å². The minimum absolute atomic E-state index is 0.00263. The summed E-state index contributed by atoms with van der Waals surface area (Å²) in [5.74, 6) is -3.30. The molecule has 74 heavy (non-hydrogen) atoms. The first-order chi connectivity index (χ1) is 33.7. The first-order valence-corrected chi connectivity index (χ1v) is 27.1. The Labute approximate surface area is 441 Å². The Bertz CT molecular complexity index is 2470. The predicted octanol–water partition coefficient (Wildman–Crippen LogP) is 11.7. The van der Waals surface area contributed by atoms with Crippen molar-refractivity contribution >= 4 is 34.6 Å². The zero-order valence-corrected chi connectivity index (χ0v) is 48.4. The van der Waals surface area contributed by atoms with Crippen molar-refractivity contribution in [1.29, 1.82) is 0 Å². The van der Waals surface area contributed by atoms with Gasteiger partial charge < -0.3 is 39.8 Å². The Hall–Kier alpha value is -3.74. The van der Waals surface area contributed by atoms with E-state index in [4.69, 9.17) is 18.9 Å². The molecule has 16 heteroatoms.